The second-order valence-electron chi connectivity index (χ2n) is 7.84. The summed E-state index contributed by atoms with van der Waals surface area (Å²) in [7, 11) is 0. The Balaban J connectivity index is 1.41. The average Bonchev–Trinajstić information content (AvgIpc) is 2.79. The first kappa shape index (κ1) is 23.0. The molecule has 2 heterocycles. The average molecular weight is 431 g/mol. The first-order valence-electron chi connectivity index (χ1n) is 10.8. The standard InChI is InChI=1S/C21H30N6O4/c28-13-17-12-18(29)7-10-26(17)9-4-2-1-3-8-23-19-6-5-16(11-20(19)27(30)31)21-24-14-22-15-25-21/h5-6,11,14-15,17-18,23,28-29H,1-4,7-10,12-13H2. The number of nitrogens with one attached hydrogen (secondary N) is 1. The van der Waals surface area contributed by atoms with E-state index >= 15 is 0 Å². The van der Waals surface area contributed by atoms with Crippen molar-refractivity contribution in [3.05, 3.63) is 41.0 Å². The van der Waals surface area contributed by atoms with Gasteiger partial charge in [0.2, 0.25) is 0 Å². The summed E-state index contributed by atoms with van der Waals surface area (Å²) in [6.45, 7) is 2.50. The minimum absolute atomic E-state index is 0.000226. The molecule has 0 bridgehead atoms. The molecule has 1 saturated heterocycles. The lowest BCUT2D eigenvalue weighted by molar-refractivity contribution is -0.383. The molecule has 10 heteroatoms. The van der Waals surface area contributed by atoms with Crippen molar-refractivity contribution in [3.8, 4) is 11.4 Å². The number of likely N-dealkylation sites (tertiary alicyclic amines) is 1. The lowest BCUT2D eigenvalue weighted by atomic mass is 9.99. The molecule has 2 unspecified atom stereocenters. The molecule has 0 spiro atoms. The molecule has 3 N–H and O–H groups in total. The second kappa shape index (κ2) is 11.6. The third-order valence-electron chi connectivity index (χ3n) is 5.65. The fraction of sp³-hybridized carbons (Fsp3) is 0.571. The number of anilines is 1. The number of aliphatic hydroxyl groups is 2. The van der Waals surface area contributed by atoms with Gasteiger partial charge < -0.3 is 15.5 Å². The lowest BCUT2D eigenvalue weighted by Crippen LogP contribution is -2.46. The third-order valence-corrected chi connectivity index (χ3v) is 5.65. The van der Waals surface area contributed by atoms with Crippen LogP contribution in [0.15, 0.2) is 30.9 Å². The van der Waals surface area contributed by atoms with Gasteiger partial charge in [-0.15, -0.1) is 0 Å². The van der Waals surface area contributed by atoms with Crippen LogP contribution in [-0.4, -0.2) is 73.4 Å². The molecule has 2 atom stereocenters. The molecule has 168 valence electrons. The maximum Gasteiger partial charge on any atom is 0.293 e. The Kier molecular flexibility index (Phi) is 8.63. The third kappa shape index (κ3) is 6.65. The zero-order valence-corrected chi connectivity index (χ0v) is 17.6. The highest BCUT2D eigenvalue weighted by Crippen LogP contribution is 2.29. The van der Waals surface area contributed by atoms with Crippen molar-refractivity contribution in [2.24, 2.45) is 0 Å². The van der Waals surface area contributed by atoms with Gasteiger partial charge in [0.05, 0.1) is 17.6 Å². The van der Waals surface area contributed by atoms with E-state index in [4.69, 9.17) is 0 Å². The van der Waals surface area contributed by atoms with Crippen molar-refractivity contribution in [2.75, 3.05) is 31.6 Å². The number of piperidine rings is 1. The first-order chi connectivity index (χ1) is 15.1. The molecule has 1 aromatic carbocycles. The number of nitro groups is 1. The minimum atomic E-state index is -0.403. The molecule has 0 aliphatic carbocycles. The summed E-state index contributed by atoms with van der Waals surface area (Å²) in [5.41, 5.74) is 1.06. The van der Waals surface area contributed by atoms with E-state index in [0.29, 0.717) is 30.0 Å². The van der Waals surface area contributed by atoms with Crippen molar-refractivity contribution < 1.29 is 15.1 Å². The Labute approximate surface area is 181 Å². The maximum atomic E-state index is 11.5. The van der Waals surface area contributed by atoms with Crippen LogP contribution in [0.25, 0.3) is 11.4 Å². The quantitative estimate of drug-likeness (QED) is 0.278. The molecule has 31 heavy (non-hydrogen) atoms. The second-order valence-corrected chi connectivity index (χ2v) is 7.84. The molecule has 1 aromatic heterocycles. The van der Waals surface area contributed by atoms with Gasteiger partial charge >= 0.3 is 0 Å². The molecule has 1 aliphatic heterocycles. The SMILES string of the molecule is O=[N+]([O-])c1cc(-c2ncncn2)ccc1NCCCCCCN1CCC(O)CC1CO. The van der Waals surface area contributed by atoms with Crippen molar-refractivity contribution in [3.63, 3.8) is 0 Å². The number of unbranched alkanes of at least 4 members (excludes halogenated alkanes) is 3. The van der Waals surface area contributed by atoms with E-state index in [2.05, 4.69) is 25.2 Å². The highest BCUT2D eigenvalue weighted by Gasteiger charge is 2.26. The Hall–Kier alpha value is -2.69. The van der Waals surface area contributed by atoms with E-state index in [1.807, 2.05) is 0 Å². The normalized spacial score (nSPS) is 19.3. The summed E-state index contributed by atoms with van der Waals surface area (Å²) < 4.78 is 0. The van der Waals surface area contributed by atoms with Crippen LogP contribution >= 0.6 is 0 Å². The number of benzene rings is 1. The molecule has 0 radical (unpaired) electrons. The monoisotopic (exact) mass is 430 g/mol. The number of nitro benzene ring substituents is 1. The largest absolute Gasteiger partial charge is 0.395 e. The molecule has 1 aliphatic rings. The van der Waals surface area contributed by atoms with Crippen molar-refractivity contribution >= 4 is 11.4 Å². The molecule has 10 nitrogen and oxygen atoms in total. The molecule has 1 fully saturated rings. The van der Waals surface area contributed by atoms with E-state index in [1.54, 1.807) is 12.1 Å². The summed E-state index contributed by atoms with van der Waals surface area (Å²) in [4.78, 5) is 25.2. The highest BCUT2D eigenvalue weighted by atomic mass is 16.6. The summed E-state index contributed by atoms with van der Waals surface area (Å²) >= 11 is 0. The Morgan fingerprint density at radius 2 is 1.97 bits per heavy atom. The van der Waals surface area contributed by atoms with Gasteiger partial charge in [-0.2, -0.15) is 0 Å². The van der Waals surface area contributed by atoms with Crippen LogP contribution in [0.5, 0.6) is 0 Å². The first-order valence-corrected chi connectivity index (χ1v) is 10.8. The Bertz CT molecular complexity index is 838. The fourth-order valence-electron chi connectivity index (χ4n) is 3.94. The van der Waals surface area contributed by atoms with Crippen LogP contribution in [-0.2, 0) is 0 Å². The predicted molar refractivity (Wildman–Crippen MR) is 117 cm³/mol. The number of hydrogen-bond acceptors (Lipinski definition) is 9. The van der Waals surface area contributed by atoms with Gasteiger partial charge in [0.25, 0.3) is 5.69 Å². The zero-order valence-electron chi connectivity index (χ0n) is 17.6. The predicted octanol–water partition coefficient (Wildman–Crippen LogP) is 2.24. The van der Waals surface area contributed by atoms with Crippen LogP contribution in [0.1, 0.15) is 38.5 Å². The van der Waals surface area contributed by atoms with Crippen molar-refractivity contribution in [1.82, 2.24) is 19.9 Å². The molecule has 2 aromatic rings. The Morgan fingerprint density at radius 3 is 2.71 bits per heavy atom. The highest BCUT2D eigenvalue weighted by molar-refractivity contribution is 5.70. The van der Waals surface area contributed by atoms with E-state index in [9.17, 15) is 20.3 Å². The smallest absolute Gasteiger partial charge is 0.293 e. The minimum Gasteiger partial charge on any atom is -0.395 e. The van der Waals surface area contributed by atoms with Gasteiger partial charge in [-0.05, 0) is 44.4 Å². The summed E-state index contributed by atoms with van der Waals surface area (Å²) in [6, 6.07) is 4.99. The van der Waals surface area contributed by atoms with Crippen LogP contribution in [0.4, 0.5) is 11.4 Å². The van der Waals surface area contributed by atoms with Gasteiger partial charge in [-0.3, -0.25) is 15.0 Å². The number of aliphatic hydroxyl groups excluding tert-OH is 2. The molecule has 0 saturated carbocycles. The van der Waals surface area contributed by atoms with E-state index in [0.717, 1.165) is 45.2 Å². The van der Waals surface area contributed by atoms with Crippen molar-refractivity contribution in [1.29, 1.82) is 0 Å². The number of hydrogen-bond donors (Lipinski definition) is 3. The van der Waals surface area contributed by atoms with Crippen LogP contribution in [0.2, 0.25) is 0 Å². The summed E-state index contributed by atoms with van der Waals surface area (Å²) in [6.07, 6.45) is 7.86. The fourth-order valence-corrected chi connectivity index (χ4v) is 3.94. The zero-order chi connectivity index (χ0) is 22.1. The van der Waals surface area contributed by atoms with E-state index < -0.39 is 4.92 Å². The van der Waals surface area contributed by atoms with Gasteiger partial charge in [-0.25, -0.2) is 15.0 Å². The van der Waals surface area contributed by atoms with E-state index in [1.165, 1.54) is 18.7 Å². The van der Waals surface area contributed by atoms with Gasteiger partial charge in [0, 0.05) is 30.8 Å². The van der Waals surface area contributed by atoms with Gasteiger partial charge in [-0.1, -0.05) is 12.8 Å². The van der Waals surface area contributed by atoms with E-state index in [-0.39, 0.29) is 24.4 Å². The molecular formula is C21H30N6O4. The Morgan fingerprint density at radius 1 is 1.19 bits per heavy atom. The van der Waals surface area contributed by atoms with Crippen LogP contribution in [0, 0.1) is 10.1 Å². The number of rotatable bonds is 11. The van der Waals surface area contributed by atoms with Gasteiger partial charge in [0.15, 0.2) is 5.82 Å². The number of nitrogens with zero attached hydrogens (tertiary/aromatic N) is 5. The molecule has 3 rings (SSSR count). The molecular weight excluding hydrogens is 400 g/mol. The summed E-state index contributed by atoms with van der Waals surface area (Å²) in [5.74, 6) is 0.399. The van der Waals surface area contributed by atoms with Crippen LogP contribution in [0.3, 0.4) is 0 Å². The summed E-state index contributed by atoms with van der Waals surface area (Å²) in [5, 5.41) is 33.9. The van der Waals surface area contributed by atoms with Crippen LogP contribution < -0.4 is 5.32 Å². The topological polar surface area (TPSA) is 138 Å². The molecule has 0 amide bonds. The van der Waals surface area contributed by atoms with Gasteiger partial charge in [0.1, 0.15) is 18.3 Å². The maximum absolute atomic E-state index is 11.5. The van der Waals surface area contributed by atoms with Crippen molar-refractivity contribution in [2.45, 2.75) is 50.7 Å². The number of aromatic nitrogens is 3. The lowest BCUT2D eigenvalue weighted by Gasteiger charge is -2.36.